The highest BCUT2D eigenvalue weighted by molar-refractivity contribution is 9.10. The maximum absolute atomic E-state index is 12.6. The molecule has 0 fully saturated rings. The molecule has 1 heterocycles. The van der Waals surface area contributed by atoms with Crippen molar-refractivity contribution >= 4 is 51.0 Å². The fraction of sp³-hybridized carbons (Fsp3) is 0.111. The number of carbonyl (C=O) groups is 1. The summed E-state index contributed by atoms with van der Waals surface area (Å²) in [6.45, 7) is 0.556. The standard InChI is InChI=1S/C18H15BrClN3OS/c1-25-14-5-6-16(20)15(10-14)18(24)22-17-7-8-21-23(17)11-12-3-2-4-13(19)9-12/h2-10H,11H2,1H3,(H,22,24). The molecule has 1 amide bonds. The van der Waals surface area contributed by atoms with E-state index in [2.05, 4.69) is 26.3 Å². The van der Waals surface area contributed by atoms with E-state index in [4.69, 9.17) is 11.6 Å². The number of rotatable bonds is 5. The van der Waals surface area contributed by atoms with Crippen LogP contribution in [0.15, 0.2) is 64.1 Å². The Kier molecular flexibility index (Phi) is 5.83. The smallest absolute Gasteiger partial charge is 0.258 e. The second-order valence-electron chi connectivity index (χ2n) is 5.30. The molecule has 4 nitrogen and oxygen atoms in total. The molecule has 1 N–H and O–H groups in total. The summed E-state index contributed by atoms with van der Waals surface area (Å²) in [4.78, 5) is 13.6. The van der Waals surface area contributed by atoms with E-state index >= 15 is 0 Å². The SMILES string of the molecule is CSc1ccc(Cl)c(C(=O)Nc2ccnn2Cc2cccc(Br)c2)c1. The second-order valence-corrected chi connectivity index (χ2v) is 7.51. The number of nitrogens with one attached hydrogen (secondary N) is 1. The number of halogens is 2. The third kappa shape index (κ3) is 4.45. The number of thioether (sulfide) groups is 1. The first-order valence-corrected chi connectivity index (χ1v) is 9.87. The highest BCUT2D eigenvalue weighted by atomic mass is 79.9. The predicted molar refractivity (Wildman–Crippen MR) is 107 cm³/mol. The predicted octanol–water partition coefficient (Wildman–Crippen LogP) is 5.32. The Bertz CT molecular complexity index is 913. The van der Waals surface area contributed by atoms with E-state index < -0.39 is 0 Å². The van der Waals surface area contributed by atoms with Gasteiger partial charge in [-0.05, 0) is 42.2 Å². The summed E-state index contributed by atoms with van der Waals surface area (Å²) in [5.74, 6) is 0.368. The van der Waals surface area contributed by atoms with Crippen molar-refractivity contribution in [2.45, 2.75) is 11.4 Å². The minimum Gasteiger partial charge on any atom is -0.307 e. The molecule has 128 valence electrons. The average molecular weight is 437 g/mol. The molecule has 3 rings (SSSR count). The quantitative estimate of drug-likeness (QED) is 0.551. The number of amides is 1. The van der Waals surface area contributed by atoms with Crippen LogP contribution in [-0.4, -0.2) is 21.9 Å². The number of carbonyl (C=O) groups excluding carboxylic acids is 1. The van der Waals surface area contributed by atoms with Crippen LogP contribution in [0.5, 0.6) is 0 Å². The van der Waals surface area contributed by atoms with Gasteiger partial charge in [0, 0.05) is 15.4 Å². The van der Waals surface area contributed by atoms with Crippen LogP contribution < -0.4 is 5.32 Å². The summed E-state index contributed by atoms with van der Waals surface area (Å²) in [5.41, 5.74) is 1.53. The lowest BCUT2D eigenvalue weighted by atomic mass is 10.2. The highest BCUT2D eigenvalue weighted by Gasteiger charge is 2.14. The Balaban J connectivity index is 1.80. The molecule has 25 heavy (non-hydrogen) atoms. The summed E-state index contributed by atoms with van der Waals surface area (Å²) < 4.78 is 2.75. The molecule has 1 aromatic heterocycles. The van der Waals surface area contributed by atoms with Crippen LogP contribution in [0, 0.1) is 0 Å². The van der Waals surface area contributed by atoms with Crippen LogP contribution in [0.2, 0.25) is 5.02 Å². The number of hydrogen-bond donors (Lipinski definition) is 1. The number of aromatic nitrogens is 2. The van der Waals surface area contributed by atoms with Crippen LogP contribution in [0.1, 0.15) is 15.9 Å². The van der Waals surface area contributed by atoms with Gasteiger partial charge in [-0.15, -0.1) is 11.8 Å². The van der Waals surface area contributed by atoms with Crippen molar-refractivity contribution in [3.63, 3.8) is 0 Å². The molecule has 0 unspecified atom stereocenters. The molecule has 0 radical (unpaired) electrons. The molecule has 0 spiro atoms. The van der Waals surface area contributed by atoms with Crippen LogP contribution in [-0.2, 0) is 6.54 Å². The van der Waals surface area contributed by atoms with Crippen LogP contribution in [0.3, 0.4) is 0 Å². The van der Waals surface area contributed by atoms with Gasteiger partial charge in [-0.1, -0.05) is 39.7 Å². The highest BCUT2D eigenvalue weighted by Crippen LogP contribution is 2.24. The van der Waals surface area contributed by atoms with Gasteiger partial charge in [0.25, 0.3) is 5.91 Å². The van der Waals surface area contributed by atoms with Gasteiger partial charge >= 0.3 is 0 Å². The van der Waals surface area contributed by atoms with E-state index in [1.807, 2.05) is 36.6 Å². The Morgan fingerprint density at radius 2 is 2.12 bits per heavy atom. The lowest BCUT2D eigenvalue weighted by Gasteiger charge is -2.11. The van der Waals surface area contributed by atoms with Gasteiger partial charge in [0.05, 0.1) is 23.3 Å². The molecule has 0 saturated carbocycles. The second kappa shape index (κ2) is 8.08. The number of nitrogens with zero attached hydrogens (tertiary/aromatic N) is 2. The third-order valence-electron chi connectivity index (χ3n) is 3.60. The first kappa shape index (κ1) is 18.0. The Hall–Kier alpha value is -1.76. The largest absolute Gasteiger partial charge is 0.307 e. The topological polar surface area (TPSA) is 46.9 Å². The first-order valence-electron chi connectivity index (χ1n) is 7.48. The maximum atomic E-state index is 12.6. The minimum atomic E-state index is -0.253. The van der Waals surface area contributed by atoms with E-state index in [1.165, 1.54) is 0 Å². The van der Waals surface area contributed by atoms with Gasteiger partial charge in [-0.2, -0.15) is 5.10 Å². The van der Waals surface area contributed by atoms with Gasteiger partial charge in [-0.25, -0.2) is 4.68 Å². The summed E-state index contributed by atoms with van der Waals surface area (Å²) in [6, 6.07) is 15.1. The molecular formula is C18H15BrClN3OS. The molecule has 0 aliphatic rings. The van der Waals surface area contributed by atoms with E-state index in [0.717, 1.165) is 14.9 Å². The number of anilines is 1. The van der Waals surface area contributed by atoms with Crippen molar-refractivity contribution < 1.29 is 4.79 Å². The Morgan fingerprint density at radius 1 is 1.28 bits per heavy atom. The maximum Gasteiger partial charge on any atom is 0.258 e. The number of benzene rings is 2. The molecule has 0 aliphatic heterocycles. The lowest BCUT2D eigenvalue weighted by Crippen LogP contribution is -2.16. The molecule has 0 aliphatic carbocycles. The fourth-order valence-corrected chi connectivity index (χ4v) is 3.45. The summed E-state index contributed by atoms with van der Waals surface area (Å²) in [6.07, 6.45) is 3.62. The third-order valence-corrected chi connectivity index (χ3v) is 5.15. The molecule has 0 bridgehead atoms. The minimum absolute atomic E-state index is 0.253. The normalized spacial score (nSPS) is 10.7. The van der Waals surface area contributed by atoms with Gasteiger partial charge in [-0.3, -0.25) is 4.79 Å². The zero-order valence-electron chi connectivity index (χ0n) is 13.4. The zero-order chi connectivity index (χ0) is 17.8. The van der Waals surface area contributed by atoms with Crippen molar-refractivity contribution in [3.8, 4) is 0 Å². The average Bonchev–Trinajstić information content (AvgIpc) is 3.02. The van der Waals surface area contributed by atoms with Crippen molar-refractivity contribution in [2.75, 3.05) is 11.6 Å². The Morgan fingerprint density at radius 3 is 2.88 bits per heavy atom. The summed E-state index contributed by atoms with van der Waals surface area (Å²) in [7, 11) is 0. The van der Waals surface area contributed by atoms with Crippen LogP contribution in [0.25, 0.3) is 0 Å². The van der Waals surface area contributed by atoms with E-state index in [1.54, 1.807) is 40.8 Å². The van der Waals surface area contributed by atoms with Gasteiger partial charge < -0.3 is 5.32 Å². The van der Waals surface area contributed by atoms with Gasteiger partial charge in [0.2, 0.25) is 0 Å². The van der Waals surface area contributed by atoms with Crippen molar-refractivity contribution in [1.82, 2.24) is 9.78 Å². The molecular weight excluding hydrogens is 422 g/mol. The summed E-state index contributed by atoms with van der Waals surface area (Å²) >= 11 is 11.2. The first-order chi connectivity index (χ1) is 12.1. The zero-order valence-corrected chi connectivity index (χ0v) is 16.5. The molecule has 3 aromatic rings. The molecule has 7 heteroatoms. The molecule has 2 aromatic carbocycles. The monoisotopic (exact) mass is 435 g/mol. The van der Waals surface area contributed by atoms with Crippen LogP contribution in [0.4, 0.5) is 5.82 Å². The van der Waals surface area contributed by atoms with E-state index in [9.17, 15) is 4.79 Å². The van der Waals surface area contributed by atoms with Crippen molar-refractivity contribution in [3.05, 3.63) is 75.4 Å². The van der Waals surface area contributed by atoms with E-state index in [-0.39, 0.29) is 5.91 Å². The Labute approximate surface area is 163 Å². The summed E-state index contributed by atoms with van der Waals surface area (Å²) in [5, 5.41) is 7.61. The van der Waals surface area contributed by atoms with Crippen molar-refractivity contribution in [1.29, 1.82) is 0 Å². The van der Waals surface area contributed by atoms with Crippen LogP contribution >= 0.6 is 39.3 Å². The van der Waals surface area contributed by atoms with Gasteiger partial charge in [0.1, 0.15) is 5.82 Å². The molecule has 0 saturated heterocycles. The van der Waals surface area contributed by atoms with Gasteiger partial charge in [0.15, 0.2) is 0 Å². The van der Waals surface area contributed by atoms with E-state index in [0.29, 0.717) is 22.9 Å². The fourth-order valence-electron chi connectivity index (χ4n) is 2.36. The number of hydrogen-bond acceptors (Lipinski definition) is 3. The molecule has 0 atom stereocenters. The van der Waals surface area contributed by atoms with Crippen molar-refractivity contribution in [2.24, 2.45) is 0 Å². The lowest BCUT2D eigenvalue weighted by molar-refractivity contribution is 0.102.